The molecule has 1 rings (SSSR count). The molecule has 0 fully saturated rings. The molecule has 14 heavy (non-hydrogen) atoms. The number of ether oxygens (including phenoxy) is 1. The molecule has 0 atom stereocenters. The van der Waals surface area contributed by atoms with E-state index in [1.165, 1.54) is 13.2 Å². The molecule has 0 spiro atoms. The zero-order chi connectivity index (χ0) is 10.7. The molecule has 0 aliphatic heterocycles. The maximum atomic E-state index is 13.3. The van der Waals surface area contributed by atoms with Crippen LogP contribution < -0.4 is 10.5 Å². The monoisotopic (exact) mass is 217 g/mol. The third-order valence-electron chi connectivity index (χ3n) is 1.72. The third-order valence-corrected chi connectivity index (χ3v) is 2.01. The molecule has 3 nitrogen and oxygen atoms in total. The molecule has 1 aromatic rings. The highest BCUT2D eigenvalue weighted by Crippen LogP contribution is 2.25. The highest BCUT2D eigenvalue weighted by atomic mass is 35.5. The minimum Gasteiger partial charge on any atom is -0.497 e. The van der Waals surface area contributed by atoms with Crippen LogP contribution in [0, 0.1) is 5.82 Å². The molecule has 0 unspecified atom stereocenters. The first-order valence-electron chi connectivity index (χ1n) is 3.86. The van der Waals surface area contributed by atoms with Gasteiger partial charge in [0, 0.05) is 6.07 Å². The molecule has 0 saturated carbocycles. The van der Waals surface area contributed by atoms with Crippen molar-refractivity contribution in [1.82, 2.24) is 0 Å². The van der Waals surface area contributed by atoms with Gasteiger partial charge in [-0.25, -0.2) is 4.39 Å². The van der Waals surface area contributed by atoms with Crippen molar-refractivity contribution < 1.29 is 13.9 Å². The van der Waals surface area contributed by atoms with E-state index in [1.54, 1.807) is 0 Å². The first kappa shape index (κ1) is 10.9. The minimum atomic E-state index is -0.718. The fourth-order valence-electron chi connectivity index (χ4n) is 1.04. The molecular weight excluding hydrogens is 209 g/mol. The van der Waals surface area contributed by atoms with Gasteiger partial charge in [-0.05, 0) is 6.07 Å². The van der Waals surface area contributed by atoms with Crippen LogP contribution in [-0.4, -0.2) is 19.4 Å². The topological polar surface area (TPSA) is 52.3 Å². The van der Waals surface area contributed by atoms with Gasteiger partial charge in [-0.15, -0.1) is 0 Å². The van der Waals surface area contributed by atoms with Crippen LogP contribution in [0.4, 0.5) is 4.39 Å². The smallest absolute Gasteiger partial charge is 0.180 e. The maximum Gasteiger partial charge on any atom is 0.180 e. The van der Waals surface area contributed by atoms with Crippen LogP contribution in [-0.2, 0) is 0 Å². The lowest BCUT2D eigenvalue weighted by Gasteiger charge is -2.06. The number of Topliss-reactive ketones (excluding diaryl/α,β-unsaturated/α-hetero) is 1. The Bertz CT molecular complexity index is 345. The fourth-order valence-corrected chi connectivity index (χ4v) is 1.34. The molecule has 0 aliphatic rings. The van der Waals surface area contributed by atoms with E-state index in [1.807, 2.05) is 0 Å². The van der Waals surface area contributed by atoms with E-state index < -0.39 is 11.6 Å². The molecule has 76 valence electrons. The summed E-state index contributed by atoms with van der Waals surface area (Å²) >= 11 is 5.69. The normalized spacial score (nSPS) is 10.0. The van der Waals surface area contributed by atoms with Gasteiger partial charge in [0.15, 0.2) is 5.78 Å². The van der Waals surface area contributed by atoms with Gasteiger partial charge in [-0.1, -0.05) is 11.6 Å². The highest BCUT2D eigenvalue weighted by molar-refractivity contribution is 6.34. The molecular formula is C9H9ClFNO2. The Balaban J connectivity index is 3.25. The van der Waals surface area contributed by atoms with Crippen LogP contribution in [0.25, 0.3) is 0 Å². The van der Waals surface area contributed by atoms with Crippen LogP contribution in [0.3, 0.4) is 0 Å². The summed E-state index contributed by atoms with van der Waals surface area (Å²) in [6, 6.07) is 2.46. The number of methoxy groups -OCH3 is 1. The second-order valence-corrected chi connectivity index (χ2v) is 3.00. The van der Waals surface area contributed by atoms with Crippen molar-refractivity contribution in [1.29, 1.82) is 0 Å². The minimum absolute atomic E-state index is 0.0114. The van der Waals surface area contributed by atoms with Gasteiger partial charge in [0.2, 0.25) is 0 Å². The van der Waals surface area contributed by atoms with Gasteiger partial charge in [-0.2, -0.15) is 0 Å². The quantitative estimate of drug-likeness (QED) is 0.783. The summed E-state index contributed by atoms with van der Waals surface area (Å²) in [6.45, 7) is -0.275. The van der Waals surface area contributed by atoms with Gasteiger partial charge in [0.25, 0.3) is 0 Å². The van der Waals surface area contributed by atoms with Crippen LogP contribution in [0.1, 0.15) is 10.4 Å². The van der Waals surface area contributed by atoms with E-state index in [9.17, 15) is 9.18 Å². The average Bonchev–Trinajstić information content (AvgIpc) is 2.16. The number of carbonyl (C=O) groups is 1. The number of halogens is 2. The lowest BCUT2D eigenvalue weighted by atomic mass is 10.1. The van der Waals surface area contributed by atoms with Crippen LogP contribution in [0.15, 0.2) is 12.1 Å². The molecule has 0 aliphatic carbocycles. The van der Waals surface area contributed by atoms with E-state index in [0.717, 1.165) is 6.07 Å². The van der Waals surface area contributed by atoms with Gasteiger partial charge >= 0.3 is 0 Å². The van der Waals surface area contributed by atoms with Crippen LogP contribution in [0.2, 0.25) is 5.02 Å². The van der Waals surface area contributed by atoms with Crippen molar-refractivity contribution in [2.75, 3.05) is 13.7 Å². The molecule has 0 aromatic heterocycles. The van der Waals surface area contributed by atoms with Gasteiger partial charge in [0.05, 0.1) is 24.2 Å². The van der Waals surface area contributed by atoms with Crippen molar-refractivity contribution in [2.24, 2.45) is 5.73 Å². The summed E-state index contributed by atoms with van der Waals surface area (Å²) in [4.78, 5) is 11.2. The Labute approximate surface area is 85.6 Å². The first-order valence-corrected chi connectivity index (χ1v) is 4.24. The molecule has 5 heteroatoms. The highest BCUT2D eigenvalue weighted by Gasteiger charge is 2.16. The summed E-state index contributed by atoms with van der Waals surface area (Å²) in [5.74, 6) is -0.985. The van der Waals surface area contributed by atoms with E-state index in [4.69, 9.17) is 22.1 Å². The van der Waals surface area contributed by atoms with Crippen molar-refractivity contribution in [3.05, 3.63) is 28.5 Å². The van der Waals surface area contributed by atoms with Crippen LogP contribution >= 0.6 is 11.6 Å². The second-order valence-electron chi connectivity index (χ2n) is 2.59. The number of hydrogen-bond acceptors (Lipinski definition) is 3. The number of carbonyl (C=O) groups excluding carboxylic acids is 1. The molecule has 2 N–H and O–H groups in total. The standard InChI is InChI=1S/C9H9ClFNO2/c1-14-5-2-6(10)9(7(11)3-5)8(13)4-12/h2-3H,4,12H2,1H3. The van der Waals surface area contributed by atoms with Crippen molar-refractivity contribution in [3.63, 3.8) is 0 Å². The molecule has 0 amide bonds. The van der Waals surface area contributed by atoms with E-state index in [0.29, 0.717) is 0 Å². The number of nitrogens with two attached hydrogens (primary N) is 1. The summed E-state index contributed by atoms with van der Waals surface area (Å²) < 4.78 is 18.1. The molecule has 0 saturated heterocycles. The van der Waals surface area contributed by atoms with Crippen molar-refractivity contribution in [3.8, 4) is 5.75 Å². The van der Waals surface area contributed by atoms with Crippen molar-refractivity contribution >= 4 is 17.4 Å². The second kappa shape index (κ2) is 4.39. The Morgan fingerprint density at radius 1 is 1.64 bits per heavy atom. The van der Waals surface area contributed by atoms with Gasteiger partial charge in [0.1, 0.15) is 11.6 Å². The lowest BCUT2D eigenvalue weighted by molar-refractivity contribution is 0.0997. The zero-order valence-electron chi connectivity index (χ0n) is 7.51. The number of benzene rings is 1. The fraction of sp³-hybridized carbons (Fsp3) is 0.222. The van der Waals surface area contributed by atoms with E-state index >= 15 is 0 Å². The predicted octanol–water partition coefficient (Wildman–Crippen LogP) is 1.63. The average molecular weight is 218 g/mol. The first-order chi connectivity index (χ1) is 6.60. The van der Waals surface area contributed by atoms with E-state index in [-0.39, 0.29) is 22.9 Å². The Kier molecular flexibility index (Phi) is 3.43. The Morgan fingerprint density at radius 2 is 2.29 bits per heavy atom. The van der Waals surface area contributed by atoms with Gasteiger partial charge in [-0.3, -0.25) is 4.79 Å². The number of hydrogen-bond donors (Lipinski definition) is 1. The molecule has 1 aromatic carbocycles. The zero-order valence-corrected chi connectivity index (χ0v) is 8.27. The van der Waals surface area contributed by atoms with Crippen LogP contribution in [0.5, 0.6) is 5.75 Å². The summed E-state index contributed by atoms with van der Waals surface area (Å²) in [6.07, 6.45) is 0. The summed E-state index contributed by atoms with van der Waals surface area (Å²) in [7, 11) is 1.38. The maximum absolute atomic E-state index is 13.3. The SMILES string of the molecule is COc1cc(F)c(C(=O)CN)c(Cl)c1. The largest absolute Gasteiger partial charge is 0.497 e. The Hall–Kier alpha value is -1.13. The van der Waals surface area contributed by atoms with E-state index in [2.05, 4.69) is 0 Å². The number of rotatable bonds is 3. The summed E-state index contributed by atoms with van der Waals surface area (Å²) in [5, 5.41) is 0.0114. The van der Waals surface area contributed by atoms with Crippen molar-refractivity contribution in [2.45, 2.75) is 0 Å². The molecule has 0 radical (unpaired) electrons. The Morgan fingerprint density at radius 3 is 2.71 bits per heavy atom. The third kappa shape index (κ3) is 2.02. The molecule has 0 bridgehead atoms. The lowest BCUT2D eigenvalue weighted by Crippen LogP contribution is -2.15. The summed E-state index contributed by atoms with van der Waals surface area (Å²) in [5.41, 5.74) is 4.92. The predicted molar refractivity (Wildman–Crippen MR) is 51.3 cm³/mol. The van der Waals surface area contributed by atoms with Gasteiger partial charge < -0.3 is 10.5 Å². The molecule has 0 heterocycles. The number of ketones is 1.